The van der Waals surface area contributed by atoms with Gasteiger partial charge in [0.25, 0.3) is 0 Å². The van der Waals surface area contributed by atoms with Crippen LogP contribution in [0.15, 0.2) is 12.4 Å². The molecule has 1 saturated heterocycles. The summed E-state index contributed by atoms with van der Waals surface area (Å²) in [4.78, 5) is 15.3. The summed E-state index contributed by atoms with van der Waals surface area (Å²) < 4.78 is 1.80. The van der Waals surface area contributed by atoms with Crippen molar-refractivity contribution < 1.29 is 0 Å². The van der Waals surface area contributed by atoms with Crippen molar-refractivity contribution in [2.24, 2.45) is 12.5 Å². The standard InChI is InChI=1S/C26H35N7S/c1-32-16-18(15-27-32)29-25-30-23(22-20-3-2-4-21(20)34-24(22)31-25)28-17-5-7-19(8-6-17)33-13-11-26(9-10-26)12-14-33/h15-17,19H,2-14H2,1H3,(H2,28,29,30,31)/t17-,19-. The Balaban J connectivity index is 1.08. The van der Waals surface area contributed by atoms with Crippen molar-refractivity contribution in [1.82, 2.24) is 24.6 Å². The third-order valence-electron chi connectivity index (χ3n) is 8.90. The van der Waals surface area contributed by atoms with Gasteiger partial charge in [0.1, 0.15) is 10.6 Å². The summed E-state index contributed by atoms with van der Waals surface area (Å²) in [7, 11) is 1.93. The lowest BCUT2D eigenvalue weighted by Gasteiger charge is -2.41. The lowest BCUT2D eigenvalue weighted by molar-refractivity contribution is 0.0975. The maximum atomic E-state index is 5.01. The number of nitrogens with one attached hydrogen (secondary N) is 2. The van der Waals surface area contributed by atoms with Crippen molar-refractivity contribution in [3.8, 4) is 0 Å². The molecule has 34 heavy (non-hydrogen) atoms. The largest absolute Gasteiger partial charge is 0.367 e. The van der Waals surface area contributed by atoms with E-state index in [1.807, 2.05) is 30.8 Å². The van der Waals surface area contributed by atoms with Crippen LogP contribution in [0.1, 0.15) is 68.2 Å². The van der Waals surface area contributed by atoms with Gasteiger partial charge in [-0.3, -0.25) is 4.68 Å². The number of nitrogens with zero attached hydrogens (tertiary/aromatic N) is 5. The first-order valence-corrected chi connectivity index (χ1v) is 14.0. The molecule has 7 rings (SSSR count). The Hall–Kier alpha value is -2.19. The average molecular weight is 478 g/mol. The quantitative estimate of drug-likeness (QED) is 0.523. The van der Waals surface area contributed by atoms with Gasteiger partial charge in [-0.05, 0) is 94.7 Å². The van der Waals surface area contributed by atoms with Crippen molar-refractivity contribution in [1.29, 1.82) is 0 Å². The van der Waals surface area contributed by atoms with Crippen LogP contribution in [-0.4, -0.2) is 49.8 Å². The number of likely N-dealkylation sites (tertiary alicyclic amines) is 1. The lowest BCUT2D eigenvalue weighted by atomic mass is 9.86. The van der Waals surface area contributed by atoms with Gasteiger partial charge < -0.3 is 15.5 Å². The Bertz CT molecular complexity index is 1190. The van der Waals surface area contributed by atoms with E-state index >= 15 is 0 Å². The molecule has 3 fully saturated rings. The second-order valence-corrected chi connectivity index (χ2v) is 12.2. The fourth-order valence-electron chi connectivity index (χ4n) is 6.59. The number of hydrogen-bond acceptors (Lipinski definition) is 7. The molecule has 0 atom stereocenters. The Kier molecular flexibility index (Phi) is 5.09. The monoisotopic (exact) mass is 477 g/mol. The molecule has 7 nitrogen and oxygen atoms in total. The molecule has 2 N–H and O–H groups in total. The van der Waals surface area contributed by atoms with E-state index in [9.17, 15) is 0 Å². The molecule has 0 radical (unpaired) electrons. The SMILES string of the molecule is Cn1cc(Nc2nc(N[C@H]3CC[C@H](N4CCC5(CC4)CC5)CC3)c3c4c(sc3n2)CCC4)cn1. The number of hydrogen-bond donors (Lipinski definition) is 2. The molecule has 2 saturated carbocycles. The van der Waals surface area contributed by atoms with Crippen LogP contribution in [0.3, 0.4) is 0 Å². The summed E-state index contributed by atoms with van der Waals surface area (Å²) in [5.41, 5.74) is 3.19. The van der Waals surface area contributed by atoms with Gasteiger partial charge in [-0.25, -0.2) is 4.98 Å². The first-order valence-electron chi connectivity index (χ1n) is 13.2. The minimum atomic E-state index is 0.497. The average Bonchev–Trinajstić information content (AvgIpc) is 3.13. The Morgan fingerprint density at radius 3 is 2.59 bits per heavy atom. The summed E-state index contributed by atoms with van der Waals surface area (Å²) in [5.74, 6) is 1.70. The zero-order valence-corrected chi connectivity index (χ0v) is 21.0. The molecule has 4 heterocycles. The van der Waals surface area contributed by atoms with Crippen molar-refractivity contribution in [3.63, 3.8) is 0 Å². The van der Waals surface area contributed by atoms with Gasteiger partial charge in [-0.1, -0.05) is 0 Å². The van der Waals surface area contributed by atoms with Crippen molar-refractivity contribution in [3.05, 3.63) is 22.8 Å². The topological polar surface area (TPSA) is 70.9 Å². The van der Waals surface area contributed by atoms with Crippen LogP contribution < -0.4 is 10.6 Å². The highest BCUT2D eigenvalue weighted by atomic mass is 32.1. The molecule has 4 aliphatic rings. The van der Waals surface area contributed by atoms with Crippen LogP contribution in [0, 0.1) is 5.41 Å². The number of rotatable bonds is 5. The zero-order valence-electron chi connectivity index (χ0n) is 20.1. The number of aromatic nitrogens is 4. The molecule has 0 bridgehead atoms. The molecule has 180 valence electrons. The summed E-state index contributed by atoms with van der Waals surface area (Å²) in [6.07, 6.45) is 18.3. The van der Waals surface area contributed by atoms with Gasteiger partial charge in [-0.15, -0.1) is 11.3 Å². The van der Waals surface area contributed by atoms with Gasteiger partial charge >= 0.3 is 0 Å². The summed E-state index contributed by atoms with van der Waals surface area (Å²) >= 11 is 1.86. The molecule has 0 amide bonds. The summed E-state index contributed by atoms with van der Waals surface area (Å²) in [6, 6.07) is 1.28. The first kappa shape index (κ1) is 21.1. The molecule has 8 heteroatoms. The van der Waals surface area contributed by atoms with Crippen LogP contribution in [0.5, 0.6) is 0 Å². The van der Waals surface area contributed by atoms with E-state index in [-0.39, 0.29) is 0 Å². The fourth-order valence-corrected chi connectivity index (χ4v) is 7.85. The van der Waals surface area contributed by atoms with E-state index in [1.165, 1.54) is 93.1 Å². The Morgan fingerprint density at radius 1 is 1.03 bits per heavy atom. The van der Waals surface area contributed by atoms with Crippen LogP contribution in [0.4, 0.5) is 17.5 Å². The Labute approximate surface area is 205 Å². The third kappa shape index (κ3) is 3.88. The zero-order chi connectivity index (χ0) is 22.7. The number of piperidine rings is 1. The predicted molar refractivity (Wildman–Crippen MR) is 138 cm³/mol. The van der Waals surface area contributed by atoms with E-state index in [1.54, 1.807) is 4.68 Å². The predicted octanol–water partition coefficient (Wildman–Crippen LogP) is 5.26. The molecule has 3 aromatic heterocycles. The van der Waals surface area contributed by atoms with Crippen LogP contribution in [0.25, 0.3) is 10.2 Å². The van der Waals surface area contributed by atoms with Gasteiger partial charge in [0.15, 0.2) is 0 Å². The maximum Gasteiger partial charge on any atom is 0.230 e. The van der Waals surface area contributed by atoms with Crippen molar-refractivity contribution in [2.45, 2.75) is 82.7 Å². The molecule has 1 spiro atoms. The molecule has 0 aromatic carbocycles. The summed E-state index contributed by atoms with van der Waals surface area (Å²) in [5, 5.41) is 12.8. The van der Waals surface area contributed by atoms with E-state index in [2.05, 4.69) is 20.6 Å². The highest BCUT2D eigenvalue weighted by molar-refractivity contribution is 7.19. The highest BCUT2D eigenvalue weighted by Crippen LogP contribution is 2.54. The van der Waals surface area contributed by atoms with E-state index in [4.69, 9.17) is 9.97 Å². The van der Waals surface area contributed by atoms with E-state index in [0.717, 1.165) is 34.2 Å². The second-order valence-electron chi connectivity index (χ2n) is 11.1. The van der Waals surface area contributed by atoms with E-state index in [0.29, 0.717) is 12.0 Å². The normalized spacial score (nSPS) is 26.1. The first-order chi connectivity index (χ1) is 16.6. The molecule has 0 unspecified atom stereocenters. The van der Waals surface area contributed by atoms with Crippen LogP contribution >= 0.6 is 11.3 Å². The molecule has 1 aliphatic heterocycles. The number of anilines is 3. The molecule has 3 aromatic rings. The van der Waals surface area contributed by atoms with Crippen molar-refractivity contribution >= 4 is 39.0 Å². The number of fused-ring (bicyclic) bond motifs is 3. The summed E-state index contributed by atoms with van der Waals surface area (Å²) in [6.45, 7) is 2.67. The van der Waals surface area contributed by atoms with E-state index < -0.39 is 0 Å². The van der Waals surface area contributed by atoms with Gasteiger partial charge in [0, 0.05) is 30.2 Å². The Morgan fingerprint density at radius 2 is 1.85 bits per heavy atom. The smallest absolute Gasteiger partial charge is 0.230 e. The second kappa shape index (κ2) is 8.19. The number of thiophene rings is 1. The van der Waals surface area contributed by atoms with Crippen LogP contribution in [0.2, 0.25) is 0 Å². The maximum absolute atomic E-state index is 5.01. The third-order valence-corrected chi connectivity index (χ3v) is 10.1. The molecular formula is C26H35N7S. The van der Waals surface area contributed by atoms with Gasteiger partial charge in [0.05, 0.1) is 17.3 Å². The molecule has 3 aliphatic carbocycles. The van der Waals surface area contributed by atoms with Crippen molar-refractivity contribution in [2.75, 3.05) is 23.7 Å². The molecular weight excluding hydrogens is 442 g/mol. The minimum Gasteiger partial charge on any atom is -0.367 e. The fraction of sp³-hybridized carbons (Fsp3) is 0.654. The van der Waals surface area contributed by atoms with Gasteiger partial charge in [-0.2, -0.15) is 10.1 Å². The minimum absolute atomic E-state index is 0.497. The lowest BCUT2D eigenvalue weighted by Crippen LogP contribution is -2.45. The van der Waals surface area contributed by atoms with Crippen LogP contribution in [-0.2, 0) is 19.9 Å². The number of aryl methyl sites for hydroxylation is 3. The highest BCUT2D eigenvalue weighted by Gasteiger charge is 2.45. The van der Waals surface area contributed by atoms with Gasteiger partial charge in [0.2, 0.25) is 5.95 Å².